The second-order valence-electron chi connectivity index (χ2n) is 5.60. The van der Waals surface area contributed by atoms with Gasteiger partial charge in [-0.2, -0.15) is 13.2 Å². The minimum absolute atomic E-state index is 0.104. The molecule has 1 unspecified atom stereocenters. The molecular weight excluding hydrogens is 335 g/mol. The van der Waals surface area contributed by atoms with Gasteiger partial charge in [-0.3, -0.25) is 4.79 Å². The van der Waals surface area contributed by atoms with Crippen LogP contribution in [0.4, 0.5) is 13.2 Å². The van der Waals surface area contributed by atoms with E-state index in [0.29, 0.717) is 12.2 Å². The maximum atomic E-state index is 12.4. The molecule has 0 aliphatic carbocycles. The van der Waals surface area contributed by atoms with E-state index in [9.17, 15) is 32.7 Å². The maximum absolute atomic E-state index is 12.4. The molecule has 0 saturated carbocycles. The number of hydrogen-bond acceptors (Lipinski definition) is 6. The zero-order valence-corrected chi connectivity index (χ0v) is 13.6. The number of carboxylic acid groups (broad SMARTS) is 2. The summed E-state index contributed by atoms with van der Waals surface area (Å²) in [5.41, 5.74) is 4.31. The van der Waals surface area contributed by atoms with E-state index >= 15 is 0 Å². The van der Waals surface area contributed by atoms with Gasteiger partial charge < -0.3 is 25.5 Å². The molecule has 0 amide bonds. The molecule has 0 radical (unpaired) electrons. The predicted octanol–water partition coefficient (Wildman–Crippen LogP) is 0.623. The normalized spacial score (nSPS) is 13.0. The fourth-order valence-corrected chi connectivity index (χ4v) is 1.31. The third-order valence-electron chi connectivity index (χ3n) is 2.17. The Kier molecular flexibility index (Phi) is 10.7. The fourth-order valence-electron chi connectivity index (χ4n) is 1.31. The zero-order valence-electron chi connectivity index (χ0n) is 13.6. The molecule has 0 aliphatic rings. The number of carboxylic acids is 2. The highest BCUT2D eigenvalue weighted by atomic mass is 19.4. The third-order valence-corrected chi connectivity index (χ3v) is 2.17. The molecule has 0 bridgehead atoms. The summed E-state index contributed by atoms with van der Waals surface area (Å²) >= 11 is 0. The highest BCUT2D eigenvalue weighted by Gasteiger charge is 2.40. The van der Waals surface area contributed by atoms with E-state index in [1.54, 1.807) is 20.8 Å². The lowest BCUT2D eigenvalue weighted by Crippen LogP contribution is -2.31. The van der Waals surface area contributed by atoms with Crippen LogP contribution in [-0.4, -0.2) is 41.3 Å². The van der Waals surface area contributed by atoms with Gasteiger partial charge in [-0.1, -0.05) is 0 Å². The molecule has 140 valence electrons. The van der Waals surface area contributed by atoms with Gasteiger partial charge in [0.1, 0.15) is 5.60 Å². The van der Waals surface area contributed by atoms with Crippen molar-refractivity contribution in [1.82, 2.24) is 0 Å². The van der Waals surface area contributed by atoms with E-state index in [2.05, 4.69) is 0 Å². The van der Waals surface area contributed by atoms with Crippen molar-refractivity contribution in [2.45, 2.75) is 45.4 Å². The molecule has 10 heteroatoms. The molecule has 0 aromatic heterocycles. The SMILES string of the molecule is CC(C)(C)OC(=O)CC(CCN)C(F)(F)F.O=C([O-])/C=C\C(=O)O. The lowest BCUT2D eigenvalue weighted by Gasteiger charge is -2.23. The average molecular weight is 356 g/mol. The Morgan fingerprint density at radius 2 is 1.71 bits per heavy atom. The second kappa shape index (κ2) is 10.6. The molecule has 24 heavy (non-hydrogen) atoms. The molecule has 0 fully saturated rings. The van der Waals surface area contributed by atoms with Crippen molar-refractivity contribution in [1.29, 1.82) is 0 Å². The van der Waals surface area contributed by atoms with Crippen LogP contribution in [0.2, 0.25) is 0 Å². The fraction of sp³-hybridized carbons (Fsp3) is 0.643. The molecule has 7 nitrogen and oxygen atoms in total. The molecule has 3 N–H and O–H groups in total. The number of carbonyl (C=O) groups is 3. The van der Waals surface area contributed by atoms with Gasteiger partial charge in [0.2, 0.25) is 0 Å². The van der Waals surface area contributed by atoms with Crippen LogP contribution in [0.25, 0.3) is 0 Å². The van der Waals surface area contributed by atoms with E-state index in [1.165, 1.54) is 0 Å². The minimum Gasteiger partial charge on any atom is -0.545 e. The van der Waals surface area contributed by atoms with E-state index < -0.39 is 42.0 Å². The summed E-state index contributed by atoms with van der Waals surface area (Å²) in [6.07, 6.45) is -4.39. The minimum atomic E-state index is -4.41. The first-order valence-electron chi connectivity index (χ1n) is 6.79. The summed E-state index contributed by atoms with van der Waals surface area (Å²) in [6.45, 7) is 4.72. The number of esters is 1. The second-order valence-corrected chi connectivity index (χ2v) is 5.60. The van der Waals surface area contributed by atoms with Gasteiger partial charge in [0.05, 0.1) is 18.3 Å². The van der Waals surface area contributed by atoms with Gasteiger partial charge in [-0.05, 0) is 39.8 Å². The number of alkyl halides is 3. The summed E-state index contributed by atoms with van der Waals surface area (Å²) in [5.74, 6) is -5.36. The van der Waals surface area contributed by atoms with Crippen LogP contribution < -0.4 is 10.8 Å². The number of nitrogens with two attached hydrogens (primary N) is 1. The molecular formula is C14H21F3NO6-. The van der Waals surface area contributed by atoms with Crippen molar-refractivity contribution in [3.05, 3.63) is 12.2 Å². The standard InChI is InChI=1S/C10H18F3NO2.C4H4O4/c1-9(2,3)16-8(15)6-7(4-5-14)10(11,12)13;5-3(6)1-2-4(7)8/h7H,4-6,14H2,1-3H3;1-2H,(H,5,6)(H,7,8)/p-1/b;2-1-. The Bertz CT molecular complexity index is 438. The van der Waals surface area contributed by atoms with Crippen LogP contribution in [-0.2, 0) is 19.1 Å². The van der Waals surface area contributed by atoms with Crippen molar-refractivity contribution in [2.24, 2.45) is 11.7 Å². The molecule has 0 rings (SSSR count). The van der Waals surface area contributed by atoms with E-state index in [4.69, 9.17) is 15.6 Å². The van der Waals surface area contributed by atoms with Crippen molar-refractivity contribution < 1.29 is 42.5 Å². The number of rotatable bonds is 6. The molecule has 0 spiro atoms. The molecule has 0 heterocycles. The molecule has 0 saturated heterocycles. The number of carbonyl (C=O) groups excluding carboxylic acids is 2. The monoisotopic (exact) mass is 356 g/mol. The van der Waals surface area contributed by atoms with Gasteiger partial charge in [0.25, 0.3) is 0 Å². The van der Waals surface area contributed by atoms with Crippen LogP contribution in [0.1, 0.15) is 33.6 Å². The predicted molar refractivity (Wildman–Crippen MR) is 75.5 cm³/mol. The van der Waals surface area contributed by atoms with Crippen molar-refractivity contribution in [3.8, 4) is 0 Å². The molecule has 0 aromatic rings. The Morgan fingerprint density at radius 1 is 1.21 bits per heavy atom. The van der Waals surface area contributed by atoms with Crippen LogP contribution in [0.3, 0.4) is 0 Å². The number of hydrogen-bond donors (Lipinski definition) is 2. The van der Waals surface area contributed by atoms with Gasteiger partial charge in [0, 0.05) is 6.08 Å². The number of ether oxygens (including phenoxy) is 1. The smallest absolute Gasteiger partial charge is 0.392 e. The summed E-state index contributed by atoms with van der Waals surface area (Å²) in [4.78, 5) is 30.2. The summed E-state index contributed by atoms with van der Waals surface area (Å²) in [6, 6.07) is 0. The first-order chi connectivity index (χ1) is 10.7. The summed E-state index contributed by atoms with van der Waals surface area (Å²) in [5, 5.41) is 17.2. The van der Waals surface area contributed by atoms with Gasteiger partial charge in [-0.15, -0.1) is 0 Å². The van der Waals surface area contributed by atoms with Gasteiger partial charge >= 0.3 is 18.1 Å². The van der Waals surface area contributed by atoms with Crippen LogP contribution in [0.15, 0.2) is 12.2 Å². The lowest BCUT2D eigenvalue weighted by atomic mass is 10.0. The highest BCUT2D eigenvalue weighted by Crippen LogP contribution is 2.31. The van der Waals surface area contributed by atoms with Gasteiger partial charge in [-0.25, -0.2) is 4.79 Å². The van der Waals surface area contributed by atoms with Crippen molar-refractivity contribution >= 4 is 17.9 Å². The Morgan fingerprint density at radius 3 is 1.96 bits per heavy atom. The zero-order chi connectivity index (χ0) is 19.6. The first kappa shape index (κ1) is 24.2. The van der Waals surface area contributed by atoms with Crippen LogP contribution >= 0.6 is 0 Å². The average Bonchev–Trinajstić information content (AvgIpc) is 2.33. The van der Waals surface area contributed by atoms with E-state index in [0.717, 1.165) is 0 Å². The first-order valence-corrected chi connectivity index (χ1v) is 6.79. The van der Waals surface area contributed by atoms with E-state index in [1.807, 2.05) is 0 Å². The van der Waals surface area contributed by atoms with Crippen molar-refractivity contribution in [3.63, 3.8) is 0 Å². The quantitative estimate of drug-likeness (QED) is 0.527. The van der Waals surface area contributed by atoms with Crippen molar-refractivity contribution in [2.75, 3.05) is 6.54 Å². The Balaban J connectivity index is 0. The molecule has 1 atom stereocenters. The number of halogens is 3. The lowest BCUT2D eigenvalue weighted by molar-refractivity contribution is -0.297. The maximum Gasteiger partial charge on any atom is 0.392 e. The summed E-state index contributed by atoms with van der Waals surface area (Å²) < 4.78 is 42.1. The van der Waals surface area contributed by atoms with Crippen LogP contribution in [0, 0.1) is 5.92 Å². The highest BCUT2D eigenvalue weighted by molar-refractivity contribution is 5.88. The molecule has 0 aliphatic heterocycles. The van der Waals surface area contributed by atoms with Crippen LogP contribution in [0.5, 0.6) is 0 Å². The van der Waals surface area contributed by atoms with E-state index in [-0.39, 0.29) is 13.0 Å². The Hall–Kier alpha value is -2.10. The molecule has 0 aromatic carbocycles. The third kappa shape index (κ3) is 16.3. The topological polar surface area (TPSA) is 130 Å². The summed E-state index contributed by atoms with van der Waals surface area (Å²) in [7, 11) is 0. The Labute approximate surface area is 137 Å². The van der Waals surface area contributed by atoms with Gasteiger partial charge in [0.15, 0.2) is 0 Å². The largest absolute Gasteiger partial charge is 0.545 e. The number of aliphatic carboxylic acids is 2.